The van der Waals surface area contributed by atoms with Gasteiger partial charge in [-0.3, -0.25) is 9.59 Å². The molecule has 0 radical (unpaired) electrons. The molecule has 0 spiro atoms. The van der Waals surface area contributed by atoms with E-state index in [-0.39, 0.29) is 12.1 Å². The number of amides is 1. The second-order valence-corrected chi connectivity index (χ2v) is 14.6. The van der Waals surface area contributed by atoms with Crippen LogP contribution >= 0.6 is 0 Å². The zero-order valence-corrected chi connectivity index (χ0v) is 27.5. The van der Waals surface area contributed by atoms with Gasteiger partial charge >= 0.3 is 0 Å². The minimum absolute atomic E-state index is 0.0341. The predicted molar refractivity (Wildman–Crippen MR) is 180 cm³/mol. The summed E-state index contributed by atoms with van der Waals surface area (Å²) in [5.41, 5.74) is 4.71. The number of aromatic nitrogens is 2. The molecule has 238 valence electrons. The number of nitrogens with zero attached hydrogens (tertiary/aromatic N) is 2. The highest BCUT2D eigenvalue weighted by Crippen LogP contribution is 2.49. The van der Waals surface area contributed by atoms with Gasteiger partial charge < -0.3 is 19.9 Å². The van der Waals surface area contributed by atoms with E-state index in [1.165, 1.54) is 3.97 Å². The Labute approximate surface area is 265 Å². The topological polar surface area (TPSA) is 114 Å². The van der Waals surface area contributed by atoms with Crippen molar-refractivity contribution in [3.8, 4) is 16.9 Å². The molecule has 2 aromatic heterocycles. The molecule has 10 heteroatoms. The Morgan fingerprint density at radius 3 is 2.42 bits per heavy atom. The van der Waals surface area contributed by atoms with Crippen LogP contribution in [0.2, 0.25) is 0 Å². The van der Waals surface area contributed by atoms with Crippen LogP contribution in [0.5, 0.6) is 5.75 Å². The lowest BCUT2D eigenvalue weighted by Crippen LogP contribution is -2.29. The molecule has 1 saturated carbocycles. The van der Waals surface area contributed by atoms with E-state index in [4.69, 9.17) is 4.74 Å². The van der Waals surface area contributed by atoms with Crippen molar-refractivity contribution >= 4 is 26.8 Å². The molecule has 1 fully saturated rings. The van der Waals surface area contributed by atoms with E-state index in [1.54, 1.807) is 18.3 Å². The smallest absolute Gasteiger partial charge is 0.253 e. The molecule has 2 aromatic carbocycles. The van der Waals surface area contributed by atoms with Crippen molar-refractivity contribution in [3.63, 3.8) is 0 Å². The SMILES string of the molecule is C=CCC1(S(=O)(=O)n2cc(C)c3c(C(=O)NCc4c(C)cc(C)[nH]c4=O)cc(-c4ccc(OCCCN(C)C)cc4)cc32)CC1. The van der Waals surface area contributed by atoms with E-state index in [0.717, 1.165) is 35.5 Å². The van der Waals surface area contributed by atoms with E-state index >= 15 is 0 Å². The van der Waals surface area contributed by atoms with Crippen LogP contribution in [0, 0.1) is 20.8 Å². The Morgan fingerprint density at radius 1 is 1.09 bits per heavy atom. The summed E-state index contributed by atoms with van der Waals surface area (Å²) >= 11 is 0. The van der Waals surface area contributed by atoms with Gasteiger partial charge in [0.2, 0.25) is 10.0 Å². The van der Waals surface area contributed by atoms with Gasteiger partial charge in [-0.15, -0.1) is 6.58 Å². The van der Waals surface area contributed by atoms with Crippen molar-refractivity contribution in [1.29, 1.82) is 0 Å². The molecule has 0 saturated heterocycles. The summed E-state index contributed by atoms with van der Waals surface area (Å²) in [6, 6.07) is 13.1. The summed E-state index contributed by atoms with van der Waals surface area (Å²) in [4.78, 5) is 31.4. The van der Waals surface area contributed by atoms with Gasteiger partial charge in [0, 0.05) is 41.5 Å². The fraction of sp³-hybridized carbons (Fsp3) is 0.371. The minimum Gasteiger partial charge on any atom is -0.494 e. The molecule has 0 aliphatic heterocycles. The molecule has 45 heavy (non-hydrogen) atoms. The second-order valence-electron chi connectivity index (χ2n) is 12.4. The summed E-state index contributed by atoms with van der Waals surface area (Å²) in [7, 11) is 0.260. The Morgan fingerprint density at radius 2 is 1.80 bits per heavy atom. The maximum atomic E-state index is 14.0. The van der Waals surface area contributed by atoms with Gasteiger partial charge in [0.25, 0.3) is 11.5 Å². The van der Waals surface area contributed by atoms with Crippen molar-refractivity contribution in [3.05, 3.63) is 99.6 Å². The number of benzene rings is 2. The Balaban J connectivity index is 1.56. The summed E-state index contributed by atoms with van der Waals surface area (Å²) in [6.07, 6.45) is 5.66. The van der Waals surface area contributed by atoms with Gasteiger partial charge in [-0.1, -0.05) is 18.2 Å². The van der Waals surface area contributed by atoms with Crippen molar-refractivity contribution in [2.45, 2.75) is 57.7 Å². The number of nitrogens with one attached hydrogen (secondary N) is 2. The first-order valence-electron chi connectivity index (χ1n) is 15.2. The third-order valence-electron chi connectivity index (χ3n) is 8.56. The van der Waals surface area contributed by atoms with Crippen LogP contribution in [0.3, 0.4) is 0 Å². The normalized spacial score (nSPS) is 14.1. The van der Waals surface area contributed by atoms with Gasteiger partial charge in [-0.2, -0.15) is 0 Å². The largest absolute Gasteiger partial charge is 0.494 e. The molecule has 0 atom stereocenters. The second kappa shape index (κ2) is 12.7. The number of pyridine rings is 1. The van der Waals surface area contributed by atoms with Gasteiger partial charge in [0.1, 0.15) is 5.75 Å². The van der Waals surface area contributed by atoms with Crippen molar-refractivity contribution < 1.29 is 17.9 Å². The van der Waals surface area contributed by atoms with E-state index in [9.17, 15) is 18.0 Å². The monoisotopic (exact) mass is 630 g/mol. The van der Waals surface area contributed by atoms with Crippen molar-refractivity contribution in [2.75, 3.05) is 27.2 Å². The van der Waals surface area contributed by atoms with Crippen LogP contribution in [-0.2, 0) is 16.6 Å². The maximum absolute atomic E-state index is 14.0. The van der Waals surface area contributed by atoms with Gasteiger partial charge in [-0.25, -0.2) is 12.4 Å². The quantitative estimate of drug-likeness (QED) is 0.150. The lowest BCUT2D eigenvalue weighted by atomic mass is 9.98. The summed E-state index contributed by atoms with van der Waals surface area (Å²) in [5, 5.41) is 3.48. The van der Waals surface area contributed by atoms with Crippen LogP contribution in [0.25, 0.3) is 22.0 Å². The van der Waals surface area contributed by atoms with Gasteiger partial charge in [-0.05, 0) is 113 Å². The molecule has 1 aliphatic rings. The van der Waals surface area contributed by atoms with Crippen LogP contribution in [-0.4, -0.2) is 60.2 Å². The molecule has 9 nitrogen and oxygen atoms in total. The number of rotatable bonds is 13. The van der Waals surface area contributed by atoms with Crippen molar-refractivity contribution in [2.24, 2.45) is 0 Å². The number of ether oxygens (including phenoxy) is 1. The number of carbonyl (C=O) groups excluding carboxylic acids is 1. The van der Waals surface area contributed by atoms with Crippen LogP contribution < -0.4 is 15.6 Å². The molecule has 1 amide bonds. The van der Waals surface area contributed by atoms with Gasteiger partial charge in [0.15, 0.2) is 0 Å². The maximum Gasteiger partial charge on any atom is 0.253 e. The standard InChI is InChI=1S/C35H42N4O5S/c1-7-13-35(14-15-35)45(42,43)39-22-24(3)32-29(33(40)36-21-30-23(2)18-25(4)37-34(30)41)19-27(20-31(32)39)26-9-11-28(12-10-26)44-17-8-16-38(5)6/h7,9-12,18-20,22H,1,8,13-17,21H2,2-6H3,(H,36,40)(H,37,41). The number of fused-ring (bicyclic) bond motifs is 1. The Kier molecular flexibility index (Phi) is 9.09. The number of aryl methyl sites for hydroxylation is 3. The van der Waals surface area contributed by atoms with Crippen LogP contribution in [0.1, 0.15) is 58.4 Å². The van der Waals surface area contributed by atoms with E-state index in [1.807, 2.05) is 71.3 Å². The zero-order chi connectivity index (χ0) is 32.5. The first-order valence-corrected chi connectivity index (χ1v) is 16.7. The Hall–Kier alpha value is -4.15. The zero-order valence-electron chi connectivity index (χ0n) is 26.7. The number of carbonyl (C=O) groups is 1. The molecule has 1 aliphatic carbocycles. The first kappa shape index (κ1) is 32.2. The Bertz CT molecular complexity index is 1920. The fourth-order valence-corrected chi connectivity index (χ4v) is 7.99. The summed E-state index contributed by atoms with van der Waals surface area (Å²) in [6.45, 7) is 10.8. The molecule has 2 N–H and O–H groups in total. The third kappa shape index (κ3) is 6.48. The summed E-state index contributed by atoms with van der Waals surface area (Å²) in [5.74, 6) is 0.338. The fourth-order valence-electron chi connectivity index (χ4n) is 5.93. The average molecular weight is 631 g/mol. The van der Waals surface area contributed by atoms with Crippen LogP contribution in [0.15, 0.2) is 66.1 Å². The molecule has 5 rings (SSSR count). The lowest BCUT2D eigenvalue weighted by molar-refractivity contribution is 0.0952. The van der Waals surface area contributed by atoms with Crippen LogP contribution in [0.4, 0.5) is 0 Å². The average Bonchev–Trinajstić information content (AvgIpc) is 3.70. The number of aromatic amines is 1. The van der Waals surface area contributed by atoms with E-state index in [2.05, 4.69) is 21.8 Å². The number of hydrogen-bond donors (Lipinski definition) is 2. The number of allylic oxidation sites excluding steroid dienone is 1. The highest BCUT2D eigenvalue weighted by Gasteiger charge is 2.54. The highest BCUT2D eigenvalue weighted by atomic mass is 32.2. The molecular formula is C35H42N4O5S. The highest BCUT2D eigenvalue weighted by molar-refractivity contribution is 7.91. The molecular weight excluding hydrogens is 588 g/mol. The van der Waals surface area contributed by atoms with Gasteiger partial charge in [0.05, 0.1) is 16.9 Å². The lowest BCUT2D eigenvalue weighted by Gasteiger charge is -2.17. The van der Waals surface area contributed by atoms with E-state index in [0.29, 0.717) is 59.0 Å². The third-order valence-corrected chi connectivity index (χ3v) is 11.0. The molecule has 4 aromatic rings. The number of hydrogen-bond acceptors (Lipinski definition) is 6. The molecule has 0 bridgehead atoms. The van der Waals surface area contributed by atoms with E-state index < -0.39 is 20.7 Å². The molecule has 0 unspecified atom stereocenters. The predicted octanol–water partition coefficient (Wildman–Crippen LogP) is 5.47. The summed E-state index contributed by atoms with van der Waals surface area (Å²) < 4.78 is 34.5. The first-order chi connectivity index (χ1) is 21.4. The number of H-pyrrole nitrogens is 1. The van der Waals surface area contributed by atoms with Crippen molar-refractivity contribution in [1.82, 2.24) is 19.2 Å². The minimum atomic E-state index is -3.79. The molecule has 2 heterocycles.